The van der Waals surface area contributed by atoms with E-state index in [1.165, 1.54) is 32.1 Å². The Morgan fingerprint density at radius 3 is 2.85 bits per heavy atom. The fraction of sp³-hybridized carbons (Fsp3) is 0.846. The quantitative estimate of drug-likeness (QED) is 0.488. The van der Waals surface area contributed by atoms with Gasteiger partial charge >= 0.3 is 0 Å². The molecule has 0 unspecified atom stereocenters. The maximum absolute atomic E-state index is 2.55. The lowest BCUT2D eigenvalue weighted by atomic mass is 9.58. The Hall–Kier alpha value is -0.260. The van der Waals surface area contributed by atoms with Gasteiger partial charge in [0.05, 0.1) is 0 Å². The third-order valence-electron chi connectivity index (χ3n) is 4.72. The molecule has 2 aliphatic rings. The van der Waals surface area contributed by atoms with Crippen molar-refractivity contribution in [3.8, 4) is 0 Å². The maximum Gasteiger partial charge on any atom is -0.00881 e. The minimum Gasteiger partial charge on any atom is -0.0845 e. The Bertz CT molecular complexity index is 226. The largest absolute Gasteiger partial charge is 0.0845 e. The fourth-order valence-corrected chi connectivity index (χ4v) is 3.27. The molecule has 3 atom stereocenters. The fourth-order valence-electron chi connectivity index (χ4n) is 3.27. The van der Waals surface area contributed by atoms with Crippen LogP contribution in [0.1, 0.15) is 52.9 Å². The number of allylic oxidation sites excluding steroid dienone is 2. The summed E-state index contributed by atoms with van der Waals surface area (Å²) in [6, 6.07) is 0. The monoisotopic (exact) mass is 178 g/mol. The second-order valence-electron chi connectivity index (χ2n) is 5.36. The van der Waals surface area contributed by atoms with E-state index in [0.717, 1.165) is 11.8 Å². The van der Waals surface area contributed by atoms with Gasteiger partial charge in [0.25, 0.3) is 0 Å². The molecule has 0 aromatic rings. The van der Waals surface area contributed by atoms with Crippen LogP contribution in [0.2, 0.25) is 0 Å². The standard InChI is InChI=1S/C13H22/c1-10-7-8-12-6-4-5-9-13(12,3)11(10)2/h8,10-11H,4-7,9H2,1-3H3/t10-,11-,13+/m1/s1. The van der Waals surface area contributed by atoms with Crippen LogP contribution in [0.15, 0.2) is 11.6 Å². The predicted molar refractivity (Wildman–Crippen MR) is 57.6 cm³/mol. The second-order valence-corrected chi connectivity index (χ2v) is 5.36. The predicted octanol–water partition coefficient (Wildman–Crippen LogP) is 4.17. The Morgan fingerprint density at radius 2 is 2.08 bits per heavy atom. The molecule has 2 rings (SSSR count). The summed E-state index contributed by atoms with van der Waals surface area (Å²) in [5.74, 6) is 1.79. The molecule has 0 aromatic heterocycles. The molecule has 1 saturated carbocycles. The van der Waals surface area contributed by atoms with Gasteiger partial charge in [-0.25, -0.2) is 0 Å². The average Bonchev–Trinajstić information content (AvgIpc) is 2.13. The third-order valence-corrected chi connectivity index (χ3v) is 4.72. The molecule has 0 heteroatoms. The highest BCUT2D eigenvalue weighted by atomic mass is 14.5. The topological polar surface area (TPSA) is 0 Å². The van der Waals surface area contributed by atoms with Gasteiger partial charge in [0.1, 0.15) is 0 Å². The van der Waals surface area contributed by atoms with E-state index < -0.39 is 0 Å². The van der Waals surface area contributed by atoms with Gasteiger partial charge in [0.15, 0.2) is 0 Å². The molecule has 0 aliphatic heterocycles. The molecule has 0 aromatic carbocycles. The van der Waals surface area contributed by atoms with Crippen molar-refractivity contribution in [2.24, 2.45) is 17.3 Å². The second kappa shape index (κ2) is 3.15. The Kier molecular flexibility index (Phi) is 2.25. The first-order valence-corrected chi connectivity index (χ1v) is 5.84. The third kappa shape index (κ3) is 1.35. The van der Waals surface area contributed by atoms with Gasteiger partial charge in [0, 0.05) is 0 Å². The molecule has 74 valence electrons. The van der Waals surface area contributed by atoms with Gasteiger partial charge in [-0.15, -0.1) is 0 Å². The van der Waals surface area contributed by atoms with Crippen LogP contribution in [0, 0.1) is 17.3 Å². The molecule has 0 spiro atoms. The van der Waals surface area contributed by atoms with Gasteiger partial charge < -0.3 is 0 Å². The molecule has 0 amide bonds. The van der Waals surface area contributed by atoms with Crippen LogP contribution in [0.5, 0.6) is 0 Å². The summed E-state index contributed by atoms with van der Waals surface area (Å²) >= 11 is 0. The van der Waals surface area contributed by atoms with Crippen LogP contribution >= 0.6 is 0 Å². The first-order chi connectivity index (χ1) is 6.14. The molecular weight excluding hydrogens is 156 g/mol. The molecule has 0 saturated heterocycles. The first-order valence-electron chi connectivity index (χ1n) is 5.84. The smallest absolute Gasteiger partial charge is 0.00881 e. The zero-order valence-corrected chi connectivity index (χ0v) is 9.27. The number of hydrogen-bond acceptors (Lipinski definition) is 0. The minimum atomic E-state index is 0.565. The Balaban J connectivity index is 2.30. The molecule has 0 heterocycles. The lowest BCUT2D eigenvalue weighted by Gasteiger charge is -2.47. The molecule has 0 nitrogen and oxygen atoms in total. The molecule has 2 aliphatic carbocycles. The van der Waals surface area contributed by atoms with Gasteiger partial charge in [-0.2, -0.15) is 0 Å². The van der Waals surface area contributed by atoms with Gasteiger partial charge in [-0.1, -0.05) is 38.8 Å². The van der Waals surface area contributed by atoms with Crippen LogP contribution in [-0.2, 0) is 0 Å². The van der Waals surface area contributed by atoms with Crippen molar-refractivity contribution in [3.63, 3.8) is 0 Å². The highest BCUT2D eigenvalue weighted by Gasteiger charge is 2.40. The van der Waals surface area contributed by atoms with Crippen molar-refractivity contribution in [1.82, 2.24) is 0 Å². The van der Waals surface area contributed by atoms with Crippen molar-refractivity contribution in [3.05, 3.63) is 11.6 Å². The zero-order valence-electron chi connectivity index (χ0n) is 9.27. The van der Waals surface area contributed by atoms with Crippen LogP contribution in [0.3, 0.4) is 0 Å². The van der Waals surface area contributed by atoms with E-state index in [-0.39, 0.29) is 0 Å². The van der Waals surface area contributed by atoms with Crippen molar-refractivity contribution < 1.29 is 0 Å². The highest BCUT2D eigenvalue weighted by Crippen LogP contribution is 2.51. The normalized spacial score (nSPS) is 45.3. The Morgan fingerprint density at radius 1 is 1.31 bits per heavy atom. The van der Waals surface area contributed by atoms with Crippen molar-refractivity contribution in [2.45, 2.75) is 52.9 Å². The van der Waals surface area contributed by atoms with E-state index >= 15 is 0 Å². The molecule has 1 fully saturated rings. The van der Waals surface area contributed by atoms with Gasteiger partial charge in [-0.05, 0) is 42.9 Å². The summed E-state index contributed by atoms with van der Waals surface area (Å²) in [7, 11) is 0. The van der Waals surface area contributed by atoms with Crippen LogP contribution in [-0.4, -0.2) is 0 Å². The van der Waals surface area contributed by atoms with Gasteiger partial charge in [-0.3, -0.25) is 0 Å². The van der Waals surface area contributed by atoms with Crippen LogP contribution in [0.25, 0.3) is 0 Å². The maximum atomic E-state index is 2.55. The minimum absolute atomic E-state index is 0.565. The van der Waals surface area contributed by atoms with E-state index in [9.17, 15) is 0 Å². The summed E-state index contributed by atoms with van der Waals surface area (Å²) in [5, 5.41) is 0. The Labute approximate surface area is 82.4 Å². The summed E-state index contributed by atoms with van der Waals surface area (Å²) in [4.78, 5) is 0. The van der Waals surface area contributed by atoms with Crippen molar-refractivity contribution >= 4 is 0 Å². The summed E-state index contributed by atoms with van der Waals surface area (Å²) in [6.45, 7) is 7.37. The summed E-state index contributed by atoms with van der Waals surface area (Å²) in [6.07, 6.45) is 9.57. The van der Waals surface area contributed by atoms with E-state index in [4.69, 9.17) is 0 Å². The molecular formula is C13H22. The van der Waals surface area contributed by atoms with Crippen molar-refractivity contribution in [2.75, 3.05) is 0 Å². The highest BCUT2D eigenvalue weighted by molar-refractivity contribution is 5.20. The van der Waals surface area contributed by atoms with E-state index in [1.807, 2.05) is 0 Å². The van der Waals surface area contributed by atoms with Crippen molar-refractivity contribution in [1.29, 1.82) is 0 Å². The summed E-state index contributed by atoms with van der Waals surface area (Å²) in [5.41, 5.74) is 2.35. The first kappa shape index (κ1) is 9.30. The molecule has 0 bridgehead atoms. The molecule has 13 heavy (non-hydrogen) atoms. The van der Waals surface area contributed by atoms with Gasteiger partial charge in [0.2, 0.25) is 0 Å². The molecule has 0 radical (unpaired) electrons. The lowest BCUT2D eigenvalue weighted by Crippen LogP contribution is -2.36. The molecule has 0 N–H and O–H groups in total. The number of rotatable bonds is 0. The summed E-state index contributed by atoms with van der Waals surface area (Å²) < 4.78 is 0. The number of fused-ring (bicyclic) bond motifs is 1. The van der Waals surface area contributed by atoms with Crippen LogP contribution < -0.4 is 0 Å². The van der Waals surface area contributed by atoms with E-state index in [0.29, 0.717) is 5.41 Å². The zero-order chi connectivity index (χ0) is 9.47. The van der Waals surface area contributed by atoms with E-state index in [2.05, 4.69) is 26.8 Å². The number of hydrogen-bond donors (Lipinski definition) is 0. The van der Waals surface area contributed by atoms with E-state index in [1.54, 1.807) is 5.57 Å². The SMILES string of the molecule is C[C@@H]1CC=C2CCCC[C@@]2(C)[C@@H]1C. The average molecular weight is 178 g/mol. The lowest BCUT2D eigenvalue weighted by molar-refractivity contribution is 0.133. The van der Waals surface area contributed by atoms with Crippen LogP contribution in [0.4, 0.5) is 0 Å².